The van der Waals surface area contributed by atoms with E-state index in [1.807, 2.05) is 55.6 Å². The van der Waals surface area contributed by atoms with Crippen LogP contribution >= 0.6 is 22.7 Å². The summed E-state index contributed by atoms with van der Waals surface area (Å²) < 4.78 is 1.37. The molecule has 0 aliphatic heterocycles. The number of carbonyl (C=O) groups excluding carboxylic acids is 1. The Labute approximate surface area is 163 Å². The highest BCUT2D eigenvalue weighted by atomic mass is 32.1. The maximum Gasteiger partial charge on any atom is 0.263 e. The maximum atomic E-state index is 13.0. The topological polar surface area (TPSA) is 64.0 Å². The van der Waals surface area contributed by atoms with E-state index in [9.17, 15) is 9.59 Å². The number of aryl methyl sites for hydroxylation is 2. The van der Waals surface area contributed by atoms with E-state index < -0.39 is 0 Å². The summed E-state index contributed by atoms with van der Waals surface area (Å²) >= 11 is 3.09. The standard InChI is InChI=1S/C20H17N3O2S2/c1-12-4-3-5-14(8-12)22-17(24)9-23-11-21-19-18(20(23)25)15(10-26-19)16-7-6-13(2)27-16/h3-8,10-11H,9H2,1-2H3,(H,22,24). The molecule has 136 valence electrons. The van der Waals surface area contributed by atoms with Crippen molar-refractivity contribution in [2.24, 2.45) is 0 Å². The number of nitrogens with one attached hydrogen (secondary N) is 1. The number of carbonyl (C=O) groups is 1. The normalized spacial score (nSPS) is 11.0. The van der Waals surface area contributed by atoms with Gasteiger partial charge in [-0.3, -0.25) is 14.2 Å². The van der Waals surface area contributed by atoms with Crippen LogP contribution in [0.15, 0.2) is 52.9 Å². The molecular formula is C20H17N3O2S2. The van der Waals surface area contributed by atoms with Gasteiger partial charge in [-0.2, -0.15) is 0 Å². The summed E-state index contributed by atoms with van der Waals surface area (Å²) in [5.74, 6) is -0.257. The molecule has 0 aliphatic rings. The van der Waals surface area contributed by atoms with Gasteiger partial charge in [0, 0.05) is 26.4 Å². The smallest absolute Gasteiger partial charge is 0.263 e. The second-order valence-corrected chi connectivity index (χ2v) is 8.48. The Morgan fingerprint density at radius 2 is 2.07 bits per heavy atom. The van der Waals surface area contributed by atoms with Gasteiger partial charge < -0.3 is 5.32 Å². The number of benzene rings is 1. The van der Waals surface area contributed by atoms with Crippen LogP contribution in [0.3, 0.4) is 0 Å². The quantitative estimate of drug-likeness (QED) is 0.555. The zero-order valence-corrected chi connectivity index (χ0v) is 16.5. The first-order valence-electron chi connectivity index (χ1n) is 8.41. The predicted octanol–water partition coefficient (Wildman–Crippen LogP) is 4.44. The first kappa shape index (κ1) is 17.6. The van der Waals surface area contributed by atoms with E-state index in [1.165, 1.54) is 27.1 Å². The fraction of sp³-hybridized carbons (Fsp3) is 0.150. The third-order valence-corrected chi connectivity index (χ3v) is 6.10. The number of fused-ring (bicyclic) bond motifs is 1. The van der Waals surface area contributed by atoms with Gasteiger partial charge >= 0.3 is 0 Å². The molecule has 0 bridgehead atoms. The minimum atomic E-state index is -0.257. The Balaban J connectivity index is 1.65. The molecule has 4 aromatic rings. The fourth-order valence-corrected chi connectivity index (χ4v) is 4.78. The van der Waals surface area contributed by atoms with E-state index >= 15 is 0 Å². The summed E-state index contributed by atoms with van der Waals surface area (Å²) in [6.45, 7) is 3.92. The van der Waals surface area contributed by atoms with Crippen LogP contribution in [0.4, 0.5) is 5.69 Å². The average molecular weight is 396 g/mol. The Hall–Kier alpha value is -2.77. The van der Waals surface area contributed by atoms with Crippen LogP contribution in [-0.4, -0.2) is 15.5 Å². The van der Waals surface area contributed by atoms with Gasteiger partial charge in [-0.1, -0.05) is 12.1 Å². The summed E-state index contributed by atoms with van der Waals surface area (Å²) in [7, 11) is 0. The van der Waals surface area contributed by atoms with Crippen LogP contribution in [0.2, 0.25) is 0 Å². The molecule has 0 fully saturated rings. The molecule has 3 aromatic heterocycles. The Bertz CT molecular complexity index is 1200. The Kier molecular flexibility index (Phi) is 4.63. The Morgan fingerprint density at radius 3 is 2.81 bits per heavy atom. The van der Waals surface area contributed by atoms with Crippen molar-refractivity contribution in [3.05, 3.63) is 68.9 Å². The predicted molar refractivity (Wildman–Crippen MR) is 112 cm³/mol. The first-order chi connectivity index (χ1) is 13.0. The number of thiophene rings is 2. The van der Waals surface area contributed by atoms with E-state index in [1.54, 1.807) is 11.3 Å². The molecule has 0 spiro atoms. The summed E-state index contributed by atoms with van der Waals surface area (Å²) in [4.78, 5) is 32.7. The molecule has 1 aromatic carbocycles. The average Bonchev–Trinajstić information content (AvgIpc) is 3.23. The molecule has 0 aliphatic carbocycles. The highest BCUT2D eigenvalue weighted by Gasteiger charge is 2.15. The van der Waals surface area contributed by atoms with Crippen LogP contribution < -0.4 is 10.9 Å². The number of hydrogen-bond donors (Lipinski definition) is 1. The van der Waals surface area contributed by atoms with Gasteiger partial charge in [-0.25, -0.2) is 4.98 Å². The number of amides is 1. The largest absolute Gasteiger partial charge is 0.325 e. The molecular weight excluding hydrogens is 378 g/mol. The highest BCUT2D eigenvalue weighted by Crippen LogP contribution is 2.34. The van der Waals surface area contributed by atoms with Crippen molar-refractivity contribution in [2.75, 3.05) is 5.32 Å². The van der Waals surface area contributed by atoms with Crippen molar-refractivity contribution in [1.29, 1.82) is 0 Å². The fourth-order valence-electron chi connectivity index (χ4n) is 2.92. The summed E-state index contributed by atoms with van der Waals surface area (Å²) in [6, 6.07) is 11.6. The molecule has 0 saturated carbocycles. The minimum Gasteiger partial charge on any atom is -0.325 e. The highest BCUT2D eigenvalue weighted by molar-refractivity contribution is 7.19. The number of nitrogens with zero attached hydrogens (tertiary/aromatic N) is 2. The second kappa shape index (κ2) is 7.09. The molecule has 27 heavy (non-hydrogen) atoms. The zero-order chi connectivity index (χ0) is 19.0. The minimum absolute atomic E-state index is 0.0749. The molecule has 7 heteroatoms. The lowest BCUT2D eigenvalue weighted by molar-refractivity contribution is -0.116. The third kappa shape index (κ3) is 3.56. The van der Waals surface area contributed by atoms with E-state index in [-0.39, 0.29) is 18.0 Å². The first-order valence-corrected chi connectivity index (χ1v) is 10.1. The van der Waals surface area contributed by atoms with Crippen LogP contribution in [0, 0.1) is 13.8 Å². The summed E-state index contributed by atoms with van der Waals surface area (Å²) in [6.07, 6.45) is 1.44. The lowest BCUT2D eigenvalue weighted by Crippen LogP contribution is -2.27. The molecule has 0 saturated heterocycles. The van der Waals surface area contributed by atoms with Gasteiger partial charge in [-0.15, -0.1) is 22.7 Å². The Morgan fingerprint density at radius 1 is 1.22 bits per heavy atom. The number of aromatic nitrogens is 2. The van der Waals surface area contributed by atoms with Gasteiger partial charge in [0.15, 0.2) is 0 Å². The molecule has 4 rings (SSSR count). The molecule has 1 amide bonds. The van der Waals surface area contributed by atoms with Crippen molar-refractivity contribution in [2.45, 2.75) is 20.4 Å². The monoisotopic (exact) mass is 395 g/mol. The summed E-state index contributed by atoms with van der Waals surface area (Å²) in [5.41, 5.74) is 2.47. The number of rotatable bonds is 4. The van der Waals surface area contributed by atoms with E-state index in [2.05, 4.69) is 10.3 Å². The molecule has 5 nitrogen and oxygen atoms in total. The SMILES string of the molecule is Cc1cccc(NC(=O)Cn2cnc3scc(-c4ccc(C)s4)c3c2=O)c1. The second-order valence-electron chi connectivity index (χ2n) is 6.34. The molecule has 0 unspecified atom stereocenters. The van der Waals surface area contributed by atoms with Crippen molar-refractivity contribution in [3.63, 3.8) is 0 Å². The lowest BCUT2D eigenvalue weighted by atomic mass is 10.2. The maximum absolute atomic E-state index is 13.0. The van der Waals surface area contributed by atoms with Crippen molar-refractivity contribution >= 4 is 44.5 Å². The molecule has 3 heterocycles. The van der Waals surface area contributed by atoms with Crippen molar-refractivity contribution < 1.29 is 4.79 Å². The molecule has 0 radical (unpaired) electrons. The van der Waals surface area contributed by atoms with Gasteiger partial charge in [0.2, 0.25) is 5.91 Å². The van der Waals surface area contributed by atoms with Crippen LogP contribution in [-0.2, 0) is 11.3 Å². The summed E-state index contributed by atoms with van der Waals surface area (Å²) in [5, 5.41) is 5.36. The van der Waals surface area contributed by atoms with E-state index in [4.69, 9.17) is 0 Å². The van der Waals surface area contributed by atoms with Gasteiger partial charge in [-0.05, 0) is 43.7 Å². The van der Waals surface area contributed by atoms with Crippen LogP contribution in [0.5, 0.6) is 0 Å². The zero-order valence-electron chi connectivity index (χ0n) is 14.9. The van der Waals surface area contributed by atoms with Crippen molar-refractivity contribution in [3.8, 4) is 10.4 Å². The van der Waals surface area contributed by atoms with Gasteiger partial charge in [0.05, 0.1) is 11.7 Å². The van der Waals surface area contributed by atoms with Gasteiger partial charge in [0.25, 0.3) is 5.56 Å². The molecule has 0 atom stereocenters. The molecule has 1 N–H and O–H groups in total. The van der Waals surface area contributed by atoms with Crippen LogP contribution in [0.25, 0.3) is 20.7 Å². The van der Waals surface area contributed by atoms with Crippen molar-refractivity contribution in [1.82, 2.24) is 9.55 Å². The van der Waals surface area contributed by atoms with Crippen LogP contribution in [0.1, 0.15) is 10.4 Å². The van der Waals surface area contributed by atoms with E-state index in [0.717, 1.165) is 16.0 Å². The third-order valence-electron chi connectivity index (χ3n) is 4.18. The number of anilines is 1. The number of hydrogen-bond acceptors (Lipinski definition) is 5. The van der Waals surface area contributed by atoms with E-state index in [0.29, 0.717) is 15.9 Å². The lowest BCUT2D eigenvalue weighted by Gasteiger charge is -2.08. The van der Waals surface area contributed by atoms with Gasteiger partial charge in [0.1, 0.15) is 11.4 Å².